The zero-order valence-electron chi connectivity index (χ0n) is 61.6. The van der Waals surface area contributed by atoms with Crippen molar-refractivity contribution >= 4 is 45.4 Å². The number of nitrogens with two attached hydrogens (primary N) is 2. The van der Waals surface area contributed by atoms with E-state index in [-0.39, 0.29) is 107 Å². The SMILES string of the molecule is CC(N)=NCCC(F)=C(F)CC(N)C(=O)O.COC(=O)C(F)=C(F)CCn1c(C)noc1=O.COC(=O)C(F)=C(F)F.Cc1noc(=O)n1CCC(F)=C(F)CBr.Cc1noc(=O)n1CCC(F)=C(F)CC(C)N=C(c1ccccc1)c1ccccc1.Cc1noc(=O)n1CCC(F)=C(F)CO.[CH2-]Cn1c(C)noc1=O.[Li+]. The fourth-order valence-electron chi connectivity index (χ4n) is 7.83. The largest absolute Gasteiger partial charge is 1.00 e. The number of carboxylic acid groups (broad SMARTS) is 1. The van der Waals surface area contributed by atoms with E-state index in [1.54, 1.807) is 27.7 Å². The molecule has 0 aliphatic carbocycles. The number of carboxylic acids is 1. The molecule has 5 aromatic heterocycles. The van der Waals surface area contributed by atoms with Gasteiger partial charge in [0.25, 0.3) is 5.83 Å². The maximum absolute atomic E-state index is 14.4. The van der Waals surface area contributed by atoms with Gasteiger partial charge < -0.3 is 38.1 Å². The maximum atomic E-state index is 14.4. The predicted molar refractivity (Wildman–Crippen MR) is 372 cm³/mol. The van der Waals surface area contributed by atoms with Crippen molar-refractivity contribution in [3.8, 4) is 0 Å². The van der Waals surface area contributed by atoms with Crippen LogP contribution in [0, 0.1) is 41.5 Å². The monoisotopic (exact) mass is 1670 g/mol. The molecule has 612 valence electrons. The van der Waals surface area contributed by atoms with Crippen molar-refractivity contribution in [1.29, 1.82) is 0 Å². The minimum absolute atomic E-state index is 0. The predicted octanol–water partition coefficient (Wildman–Crippen LogP) is 7.54. The van der Waals surface area contributed by atoms with Crippen LogP contribution < -0.4 is 59.1 Å². The van der Waals surface area contributed by atoms with Crippen molar-refractivity contribution in [2.45, 2.75) is 138 Å². The Bertz CT molecular complexity index is 4580. The number of aliphatic carboxylic acids is 1. The number of carbonyl (C=O) groups is 3. The van der Waals surface area contributed by atoms with Crippen LogP contribution in [0.25, 0.3) is 0 Å². The first kappa shape index (κ1) is 101. The number of methoxy groups -OCH3 is 2. The Hall–Kier alpha value is -10.8. The third kappa shape index (κ3) is 36.4. The van der Waals surface area contributed by atoms with E-state index in [2.05, 4.69) is 90.7 Å². The summed E-state index contributed by atoms with van der Waals surface area (Å²) in [5.41, 5.74) is 12.8. The van der Waals surface area contributed by atoms with E-state index in [0.29, 0.717) is 24.0 Å². The molecule has 2 unspecified atom stereocenters. The smallest absolute Gasteiger partial charge is 0.480 e. The van der Waals surface area contributed by atoms with Crippen LogP contribution in [0.2, 0.25) is 0 Å². The van der Waals surface area contributed by atoms with Gasteiger partial charge in [-0.05, 0) is 48.5 Å². The van der Waals surface area contributed by atoms with E-state index in [9.17, 15) is 95.4 Å². The Morgan fingerprint density at radius 1 is 0.518 bits per heavy atom. The van der Waals surface area contributed by atoms with Crippen LogP contribution in [0.1, 0.15) is 99.0 Å². The summed E-state index contributed by atoms with van der Waals surface area (Å²) in [7, 11) is 1.74. The summed E-state index contributed by atoms with van der Waals surface area (Å²) in [5, 5.41) is 33.5. The van der Waals surface area contributed by atoms with Crippen molar-refractivity contribution in [3.05, 3.63) is 231 Å². The molecule has 31 nitrogen and oxygen atoms in total. The number of rotatable bonds is 28. The summed E-state index contributed by atoms with van der Waals surface area (Å²) in [6, 6.07) is 17.3. The number of aryl methyl sites for hydroxylation is 5. The maximum Gasteiger partial charge on any atom is 1.00 e. The summed E-state index contributed by atoms with van der Waals surface area (Å²) < 4.78 is 201. The molecule has 0 spiro atoms. The molecule has 0 aliphatic rings. The standard InChI is InChI=1S/C23H23F2N3O2.C9H15F2N3O2.C9H10F2N2O4.C8H9BrF2N2O2.C8H10F2N2O3.C5H7N2O2.C4H3F3O2.Li/c1-16(15-21(25)20(24)13-14-28-17(2)27-30-23(28)29)26-22(18-9-5-3-6-10-18)19-11-7-4-8-12-19;1-5(12)14-3-2-6(10)7(11)4-8(13)9(15)16;1-5-12-17-9(15)13(5)4-3-6(10)7(11)8(14)16-2;1-5-12-15-8(14)13(5)3-2-6(10)7(11)4-9;1-5-11-15-8(14)12(5)3-2-6(9)7(10)4-13;1-3-7-4(2)6-9-5(7)8;1-9-4(8)2(5)3(6)7;/h3-12,16H,13-15H2,1-2H3;8H,2-4,13H2,1H3,(H2,12,14)(H,15,16);3-4H2,1-2H3;2-4H2,1H3;13H,2-4H2,1H3;1,3H2,2H3;1H3;/q;;;;;-1;;+1. The van der Waals surface area contributed by atoms with E-state index < -0.39 is 148 Å². The van der Waals surface area contributed by atoms with Crippen LogP contribution in [0.15, 0.2) is 187 Å². The molecule has 0 aliphatic heterocycles. The zero-order valence-corrected chi connectivity index (χ0v) is 63.2. The molecule has 0 saturated heterocycles. The second-order valence-electron chi connectivity index (χ2n) is 21.7. The summed E-state index contributed by atoms with van der Waals surface area (Å²) in [6.45, 7) is 13.7. The molecule has 5 heterocycles. The van der Waals surface area contributed by atoms with Crippen molar-refractivity contribution in [3.63, 3.8) is 0 Å². The molecule has 0 amide bonds. The van der Waals surface area contributed by atoms with Crippen molar-refractivity contribution in [2.75, 3.05) is 32.7 Å². The van der Waals surface area contributed by atoms with Crippen LogP contribution in [0.3, 0.4) is 0 Å². The number of allylic oxidation sites excluding steroid dienone is 5. The molecule has 7 aromatic rings. The van der Waals surface area contributed by atoms with Gasteiger partial charge in [-0.2, -0.15) is 17.6 Å². The van der Waals surface area contributed by atoms with Crippen molar-refractivity contribution in [1.82, 2.24) is 48.6 Å². The van der Waals surface area contributed by atoms with Gasteiger partial charge in [0.15, 0.2) is 29.1 Å². The summed E-state index contributed by atoms with van der Waals surface area (Å²) in [6.07, 6.45) is -5.00. The Morgan fingerprint density at radius 2 is 0.839 bits per heavy atom. The van der Waals surface area contributed by atoms with Gasteiger partial charge in [-0.15, -0.1) is 0 Å². The third-order valence-electron chi connectivity index (χ3n) is 13.7. The van der Waals surface area contributed by atoms with Crippen LogP contribution in [0.4, 0.5) is 57.1 Å². The van der Waals surface area contributed by atoms with E-state index >= 15 is 0 Å². The second-order valence-corrected chi connectivity index (χ2v) is 22.3. The number of nitrogens with zero attached hydrogens (tertiary/aromatic N) is 12. The van der Waals surface area contributed by atoms with Gasteiger partial charge in [-0.1, -0.05) is 109 Å². The molecular formula is C66H77BrF13LiN14O17. The second kappa shape index (κ2) is 53.2. The Kier molecular flexibility index (Phi) is 48.0. The van der Waals surface area contributed by atoms with E-state index in [1.165, 1.54) is 25.3 Å². The number of hydrogen-bond acceptors (Lipinski definition) is 24. The average Bonchev–Trinajstić information content (AvgIpc) is 1.41. The van der Waals surface area contributed by atoms with E-state index in [4.69, 9.17) is 21.7 Å². The number of carbonyl (C=O) groups excluding carboxylic acids is 2. The molecule has 46 heteroatoms. The first-order valence-electron chi connectivity index (χ1n) is 31.8. The molecule has 2 atom stereocenters. The number of aliphatic hydroxyl groups is 1. The molecule has 7 rings (SSSR count). The number of benzene rings is 2. The minimum atomic E-state index is -2.66. The number of hydrogen-bond donors (Lipinski definition) is 4. The average molecular weight is 1670 g/mol. The Balaban J connectivity index is 0.00000133. The van der Waals surface area contributed by atoms with E-state index in [0.717, 1.165) is 49.3 Å². The molecule has 0 fully saturated rings. The number of ether oxygens (including phenoxy) is 2. The molecular weight excluding hydrogens is 1590 g/mol. The number of amidine groups is 1. The number of aromatic nitrogens is 10. The van der Waals surface area contributed by atoms with Crippen LogP contribution >= 0.6 is 15.9 Å². The third-order valence-corrected chi connectivity index (χ3v) is 14.2. The summed E-state index contributed by atoms with van der Waals surface area (Å²) in [5.74, 6) is -18.7. The molecule has 6 N–H and O–H groups in total. The summed E-state index contributed by atoms with van der Waals surface area (Å²) in [4.78, 5) is 94.1. The molecule has 112 heavy (non-hydrogen) atoms. The van der Waals surface area contributed by atoms with Gasteiger partial charge in [-0.25, -0.2) is 73.1 Å². The van der Waals surface area contributed by atoms with Crippen molar-refractivity contribution in [2.24, 2.45) is 21.5 Å². The molecule has 0 saturated carbocycles. The van der Waals surface area contributed by atoms with Gasteiger partial charge in [0.1, 0.15) is 58.5 Å². The van der Waals surface area contributed by atoms with E-state index in [1.807, 2.05) is 60.7 Å². The molecule has 0 bridgehead atoms. The van der Waals surface area contributed by atoms with Crippen LogP contribution in [-0.2, 0) is 56.6 Å². The van der Waals surface area contributed by atoms with Crippen molar-refractivity contribution < 1.29 is 133 Å². The molecule has 2 aromatic carbocycles. The first-order valence-corrected chi connectivity index (χ1v) is 32.9. The van der Waals surface area contributed by atoms with Gasteiger partial charge in [0.05, 0.1) is 43.7 Å². The first-order chi connectivity index (χ1) is 52.2. The van der Waals surface area contributed by atoms with Gasteiger partial charge in [0.2, 0.25) is 5.83 Å². The molecule has 0 radical (unpaired) electrons. The normalized spacial score (nSPS) is 12.5. The summed E-state index contributed by atoms with van der Waals surface area (Å²) >= 11 is 2.79. The van der Waals surface area contributed by atoms with Crippen LogP contribution in [-0.4, -0.2) is 133 Å². The number of alkyl halides is 1. The minimum Gasteiger partial charge on any atom is -0.480 e. The van der Waals surface area contributed by atoms with Gasteiger partial charge in [-0.3, -0.25) is 60.2 Å². The quantitative estimate of drug-likeness (QED) is 0.00537. The fraction of sp³-hybridized carbons (Fsp3) is 0.394. The number of esters is 2. The fourth-order valence-corrected chi connectivity index (χ4v) is 8.13. The Labute approximate surface area is 647 Å². The van der Waals surface area contributed by atoms with Crippen LogP contribution in [0.5, 0.6) is 0 Å². The number of aliphatic hydroxyl groups excluding tert-OH is 1. The Morgan fingerprint density at radius 3 is 1.12 bits per heavy atom. The number of halogens is 14. The van der Waals surface area contributed by atoms with Gasteiger partial charge >= 0.3 is 71.6 Å². The van der Waals surface area contributed by atoms with Gasteiger partial charge in [0, 0.05) is 88.8 Å². The topological polar surface area (TPSA) is 427 Å². The number of aliphatic imine (C=N–C) groups is 2. The zero-order chi connectivity index (χ0) is 84.4.